The first-order chi connectivity index (χ1) is 16.4. The molecular formula is C23H19N5O4S2. The van der Waals surface area contributed by atoms with Crippen LogP contribution >= 0.6 is 23.1 Å². The van der Waals surface area contributed by atoms with Gasteiger partial charge in [-0.3, -0.25) is 14.9 Å². The van der Waals surface area contributed by atoms with E-state index in [1.54, 1.807) is 7.11 Å². The van der Waals surface area contributed by atoms with E-state index in [4.69, 9.17) is 4.74 Å². The Bertz CT molecular complexity index is 1320. The Labute approximate surface area is 203 Å². The molecule has 2 heterocycles. The zero-order valence-electron chi connectivity index (χ0n) is 18.2. The number of nitro benzene ring substituents is 1. The monoisotopic (exact) mass is 493 g/mol. The molecule has 0 aliphatic heterocycles. The third-order valence-electron chi connectivity index (χ3n) is 4.70. The molecule has 1 N–H and O–H groups in total. The Morgan fingerprint density at radius 3 is 2.62 bits per heavy atom. The lowest BCUT2D eigenvalue weighted by atomic mass is 10.2. The number of thioether (sulfide) groups is 1. The van der Waals surface area contributed by atoms with Gasteiger partial charge in [0, 0.05) is 23.4 Å². The number of carbonyl (C=O) groups excluding carboxylic acids is 1. The molecule has 172 valence electrons. The van der Waals surface area contributed by atoms with Crippen molar-refractivity contribution in [1.82, 2.24) is 15.2 Å². The summed E-state index contributed by atoms with van der Waals surface area (Å²) in [5.74, 6) is 0.654. The van der Waals surface area contributed by atoms with Crippen LogP contribution in [0.5, 0.6) is 5.75 Å². The van der Waals surface area contributed by atoms with Crippen molar-refractivity contribution in [2.45, 2.75) is 11.9 Å². The summed E-state index contributed by atoms with van der Waals surface area (Å²) in [5, 5.41) is 23.4. The molecule has 2 aromatic carbocycles. The van der Waals surface area contributed by atoms with Crippen molar-refractivity contribution in [3.8, 4) is 26.9 Å². The minimum atomic E-state index is -0.489. The average molecular weight is 494 g/mol. The number of thiazole rings is 1. The van der Waals surface area contributed by atoms with E-state index >= 15 is 0 Å². The van der Waals surface area contributed by atoms with E-state index in [0.29, 0.717) is 16.4 Å². The van der Waals surface area contributed by atoms with Crippen LogP contribution in [-0.4, -0.2) is 38.9 Å². The van der Waals surface area contributed by atoms with Gasteiger partial charge in [0.2, 0.25) is 5.91 Å². The molecule has 0 saturated carbocycles. The van der Waals surface area contributed by atoms with Crippen molar-refractivity contribution < 1.29 is 14.5 Å². The summed E-state index contributed by atoms with van der Waals surface area (Å²) in [7, 11) is 1.63. The van der Waals surface area contributed by atoms with Gasteiger partial charge >= 0.3 is 0 Å². The number of nitro groups is 1. The molecule has 0 unspecified atom stereocenters. The topological polar surface area (TPSA) is 120 Å². The Balaban J connectivity index is 1.38. The van der Waals surface area contributed by atoms with E-state index in [0.717, 1.165) is 26.9 Å². The number of carbonyl (C=O) groups is 1. The number of non-ortho nitro benzene ring substituents is 1. The standard InChI is InChI=1S/C23H19N5O4S2/c1-14-22(34-23(24-14)15-4-3-5-18(12-15)32-2)19-10-11-21(27-26-19)33-13-20(29)25-16-6-8-17(9-7-16)28(30)31/h3-12H,13H2,1-2H3,(H,25,29). The highest BCUT2D eigenvalue weighted by Crippen LogP contribution is 2.35. The number of amides is 1. The molecule has 1 amide bonds. The minimum absolute atomic E-state index is 0.0328. The normalized spacial score (nSPS) is 10.6. The van der Waals surface area contributed by atoms with Crippen LogP contribution in [0.15, 0.2) is 65.7 Å². The number of nitrogens with one attached hydrogen (secondary N) is 1. The van der Waals surface area contributed by atoms with Crippen molar-refractivity contribution in [2.75, 3.05) is 18.2 Å². The second-order valence-electron chi connectivity index (χ2n) is 7.06. The fraction of sp³-hybridized carbons (Fsp3) is 0.130. The summed E-state index contributed by atoms with van der Waals surface area (Å²) in [6, 6.07) is 17.1. The Morgan fingerprint density at radius 1 is 1.15 bits per heavy atom. The zero-order chi connectivity index (χ0) is 24.1. The van der Waals surface area contributed by atoms with Crippen LogP contribution in [0.3, 0.4) is 0 Å². The molecule has 0 fully saturated rings. The molecule has 0 aliphatic rings. The Hall–Kier alpha value is -3.83. The van der Waals surface area contributed by atoms with Gasteiger partial charge in [0.1, 0.15) is 21.5 Å². The number of hydrogen-bond donors (Lipinski definition) is 1. The van der Waals surface area contributed by atoms with Gasteiger partial charge in [-0.25, -0.2) is 4.98 Å². The molecule has 0 saturated heterocycles. The predicted octanol–water partition coefficient (Wildman–Crippen LogP) is 5.22. The van der Waals surface area contributed by atoms with Crippen molar-refractivity contribution >= 4 is 40.4 Å². The van der Waals surface area contributed by atoms with Gasteiger partial charge in [-0.1, -0.05) is 23.9 Å². The quantitative estimate of drug-likeness (QED) is 0.201. The number of aromatic nitrogens is 3. The fourth-order valence-corrected chi connectivity index (χ4v) is 4.68. The fourth-order valence-electron chi connectivity index (χ4n) is 3.03. The van der Waals surface area contributed by atoms with Crippen LogP contribution in [-0.2, 0) is 4.79 Å². The van der Waals surface area contributed by atoms with E-state index in [9.17, 15) is 14.9 Å². The van der Waals surface area contributed by atoms with Crippen LogP contribution in [0.1, 0.15) is 5.69 Å². The Kier molecular flexibility index (Phi) is 7.14. The first kappa shape index (κ1) is 23.3. The second-order valence-corrected chi connectivity index (χ2v) is 9.06. The van der Waals surface area contributed by atoms with E-state index in [2.05, 4.69) is 20.5 Å². The molecule has 0 bridgehead atoms. The van der Waals surface area contributed by atoms with Crippen molar-refractivity contribution in [3.05, 3.63) is 76.5 Å². The Morgan fingerprint density at radius 2 is 1.94 bits per heavy atom. The SMILES string of the molecule is COc1cccc(-c2nc(C)c(-c3ccc(SCC(=O)Nc4ccc([N+](=O)[O-])cc4)nn3)s2)c1. The number of rotatable bonds is 8. The minimum Gasteiger partial charge on any atom is -0.497 e. The smallest absolute Gasteiger partial charge is 0.269 e. The zero-order valence-corrected chi connectivity index (χ0v) is 19.9. The summed E-state index contributed by atoms with van der Waals surface area (Å²) >= 11 is 2.78. The molecule has 0 atom stereocenters. The van der Waals surface area contributed by atoms with Crippen molar-refractivity contribution in [1.29, 1.82) is 0 Å². The molecule has 11 heteroatoms. The highest BCUT2D eigenvalue weighted by atomic mass is 32.2. The molecular weight excluding hydrogens is 474 g/mol. The summed E-state index contributed by atoms with van der Waals surface area (Å²) in [5.41, 5.74) is 3.00. The maximum atomic E-state index is 12.2. The molecule has 34 heavy (non-hydrogen) atoms. The lowest BCUT2D eigenvalue weighted by Crippen LogP contribution is -2.14. The average Bonchev–Trinajstić information content (AvgIpc) is 3.25. The second kappa shape index (κ2) is 10.4. The summed E-state index contributed by atoms with van der Waals surface area (Å²) < 4.78 is 5.30. The number of nitrogens with zero attached hydrogens (tertiary/aromatic N) is 4. The lowest BCUT2D eigenvalue weighted by Gasteiger charge is -2.05. The molecule has 2 aromatic heterocycles. The molecule has 4 rings (SSSR count). The first-order valence-corrected chi connectivity index (χ1v) is 11.9. The van der Waals surface area contributed by atoms with Gasteiger partial charge in [0.05, 0.1) is 28.4 Å². The highest BCUT2D eigenvalue weighted by molar-refractivity contribution is 7.99. The summed E-state index contributed by atoms with van der Waals surface area (Å²) in [4.78, 5) is 28.0. The number of methoxy groups -OCH3 is 1. The van der Waals surface area contributed by atoms with Crippen LogP contribution < -0.4 is 10.1 Å². The summed E-state index contributed by atoms with van der Waals surface area (Å²) in [6.07, 6.45) is 0. The first-order valence-electron chi connectivity index (χ1n) is 10.1. The molecule has 0 spiro atoms. The third-order valence-corrected chi connectivity index (χ3v) is 6.85. The van der Waals surface area contributed by atoms with Gasteiger partial charge in [0.15, 0.2) is 0 Å². The molecule has 0 radical (unpaired) electrons. The van der Waals surface area contributed by atoms with E-state index < -0.39 is 4.92 Å². The van der Waals surface area contributed by atoms with Gasteiger partial charge < -0.3 is 10.1 Å². The molecule has 0 aliphatic carbocycles. The van der Waals surface area contributed by atoms with E-state index in [1.165, 1.54) is 47.4 Å². The number of anilines is 1. The molecule has 4 aromatic rings. The van der Waals surface area contributed by atoms with Gasteiger partial charge in [-0.2, -0.15) is 0 Å². The van der Waals surface area contributed by atoms with Crippen molar-refractivity contribution in [2.24, 2.45) is 0 Å². The van der Waals surface area contributed by atoms with Crippen LogP contribution in [0.25, 0.3) is 21.1 Å². The highest BCUT2D eigenvalue weighted by Gasteiger charge is 2.14. The number of benzene rings is 2. The summed E-state index contributed by atoms with van der Waals surface area (Å²) in [6.45, 7) is 1.93. The number of ether oxygens (including phenoxy) is 1. The van der Waals surface area contributed by atoms with E-state index in [-0.39, 0.29) is 17.3 Å². The van der Waals surface area contributed by atoms with E-state index in [1.807, 2.05) is 43.3 Å². The maximum Gasteiger partial charge on any atom is 0.269 e. The largest absolute Gasteiger partial charge is 0.497 e. The molecule has 9 nitrogen and oxygen atoms in total. The number of aryl methyl sites for hydroxylation is 1. The maximum absolute atomic E-state index is 12.2. The van der Waals surface area contributed by atoms with Crippen LogP contribution in [0.4, 0.5) is 11.4 Å². The van der Waals surface area contributed by atoms with Gasteiger partial charge in [-0.15, -0.1) is 21.5 Å². The van der Waals surface area contributed by atoms with Gasteiger partial charge in [0.25, 0.3) is 5.69 Å². The van der Waals surface area contributed by atoms with Crippen LogP contribution in [0.2, 0.25) is 0 Å². The van der Waals surface area contributed by atoms with Crippen molar-refractivity contribution in [3.63, 3.8) is 0 Å². The number of hydrogen-bond acceptors (Lipinski definition) is 9. The lowest BCUT2D eigenvalue weighted by molar-refractivity contribution is -0.384. The van der Waals surface area contributed by atoms with Gasteiger partial charge in [-0.05, 0) is 43.3 Å². The third kappa shape index (κ3) is 5.56. The van der Waals surface area contributed by atoms with Crippen LogP contribution in [0, 0.1) is 17.0 Å². The predicted molar refractivity (Wildman–Crippen MR) is 132 cm³/mol.